The summed E-state index contributed by atoms with van der Waals surface area (Å²) in [6.45, 7) is 0. The van der Waals surface area contributed by atoms with Gasteiger partial charge in [0.25, 0.3) is 5.91 Å². The van der Waals surface area contributed by atoms with E-state index in [2.05, 4.69) is 5.32 Å². The molecule has 0 radical (unpaired) electrons. The van der Waals surface area contributed by atoms with Gasteiger partial charge in [-0.1, -0.05) is 18.2 Å². The van der Waals surface area contributed by atoms with E-state index < -0.39 is 12.1 Å². The Balaban J connectivity index is 0.000000396. The predicted molar refractivity (Wildman–Crippen MR) is 109 cm³/mol. The number of amides is 1. The Morgan fingerprint density at radius 3 is 2.37 bits per heavy atom. The summed E-state index contributed by atoms with van der Waals surface area (Å²) in [6.07, 6.45) is -5.08. The van der Waals surface area contributed by atoms with Crippen LogP contribution in [0.3, 0.4) is 0 Å². The van der Waals surface area contributed by atoms with Crippen LogP contribution in [0.2, 0.25) is 0 Å². The predicted octanol–water partition coefficient (Wildman–Crippen LogP) is 4.89. The molecule has 0 aliphatic rings. The van der Waals surface area contributed by atoms with E-state index in [0.29, 0.717) is 22.7 Å². The Morgan fingerprint density at radius 1 is 1.10 bits per heavy atom. The molecule has 10 heteroatoms. The second-order valence-electron chi connectivity index (χ2n) is 5.77. The number of aliphatic carboxylic acids is 1. The summed E-state index contributed by atoms with van der Waals surface area (Å²) in [5.74, 6) is -2.34. The minimum absolute atomic E-state index is 0.223. The van der Waals surface area contributed by atoms with Crippen molar-refractivity contribution in [3.05, 3.63) is 65.5 Å². The fraction of sp³-hybridized carbons (Fsp3) is 0.100. The molecule has 0 aliphatic heterocycles. The van der Waals surface area contributed by atoms with E-state index in [1.807, 2.05) is 29.6 Å². The zero-order valence-electron chi connectivity index (χ0n) is 15.6. The number of carbonyl (C=O) groups is 2. The topological polar surface area (TPSA) is 102 Å². The fourth-order valence-corrected chi connectivity index (χ4v) is 2.94. The van der Waals surface area contributed by atoms with Gasteiger partial charge in [-0.25, -0.2) is 4.79 Å². The number of carbonyl (C=O) groups excluding carboxylic acids is 1. The largest absolute Gasteiger partial charge is 0.497 e. The number of benzene rings is 2. The quantitative estimate of drug-likeness (QED) is 0.504. The molecule has 0 bridgehead atoms. The van der Waals surface area contributed by atoms with Crippen molar-refractivity contribution < 1.29 is 32.6 Å². The van der Waals surface area contributed by atoms with E-state index >= 15 is 0 Å². The molecule has 0 fully saturated rings. The lowest BCUT2D eigenvalue weighted by molar-refractivity contribution is -0.192. The number of nitrogen functional groups attached to an aromatic ring is 1. The number of carboxylic acid groups (broad SMARTS) is 1. The molecule has 0 unspecified atom stereocenters. The number of ether oxygens (including phenoxy) is 1. The van der Waals surface area contributed by atoms with Crippen LogP contribution in [0.1, 0.15) is 10.4 Å². The standard InChI is InChI=1S/C18H16N2O2S.C2HF3O2/c1-22-14-5-2-4-13(10-14)18(21)20-16-11-12(7-8-15(16)19)17-6-3-9-23-17;3-2(4,5)1(6)7/h2-11H,19H2,1H3,(H,20,21);(H,6,7). The van der Waals surface area contributed by atoms with Gasteiger partial charge in [0.15, 0.2) is 0 Å². The molecular formula is C20H17F3N2O4S. The Morgan fingerprint density at radius 2 is 1.80 bits per heavy atom. The van der Waals surface area contributed by atoms with E-state index in [1.165, 1.54) is 0 Å². The van der Waals surface area contributed by atoms with Gasteiger partial charge >= 0.3 is 12.1 Å². The van der Waals surface area contributed by atoms with Gasteiger partial charge in [0.1, 0.15) is 5.75 Å². The van der Waals surface area contributed by atoms with Crippen molar-refractivity contribution in [2.75, 3.05) is 18.2 Å². The summed E-state index contributed by atoms with van der Waals surface area (Å²) >= 11 is 1.64. The van der Waals surface area contributed by atoms with Crippen LogP contribution in [0.15, 0.2) is 60.0 Å². The third-order valence-corrected chi connectivity index (χ3v) is 4.60. The lowest BCUT2D eigenvalue weighted by Gasteiger charge is -2.10. The second kappa shape index (κ2) is 9.79. The summed E-state index contributed by atoms with van der Waals surface area (Å²) in [7, 11) is 1.57. The van der Waals surface area contributed by atoms with Crippen molar-refractivity contribution in [1.82, 2.24) is 0 Å². The summed E-state index contributed by atoms with van der Waals surface area (Å²) in [5.41, 5.74) is 8.66. The third kappa shape index (κ3) is 6.24. The van der Waals surface area contributed by atoms with E-state index in [4.69, 9.17) is 20.4 Å². The van der Waals surface area contributed by atoms with Crippen LogP contribution >= 0.6 is 11.3 Å². The minimum Gasteiger partial charge on any atom is -0.497 e. The number of hydrogen-bond donors (Lipinski definition) is 3. The molecule has 1 aromatic heterocycles. The maximum Gasteiger partial charge on any atom is 0.490 e. The number of nitrogens with one attached hydrogen (secondary N) is 1. The van der Waals surface area contributed by atoms with E-state index in [0.717, 1.165) is 10.4 Å². The SMILES string of the molecule is COc1cccc(C(=O)Nc2cc(-c3cccs3)ccc2N)c1.O=C(O)C(F)(F)F. The number of anilines is 2. The molecule has 2 aromatic carbocycles. The maximum atomic E-state index is 12.4. The summed E-state index contributed by atoms with van der Waals surface area (Å²) < 4.78 is 36.9. The first-order valence-electron chi connectivity index (χ1n) is 8.30. The number of rotatable bonds is 4. The first-order valence-corrected chi connectivity index (χ1v) is 9.18. The average Bonchev–Trinajstić information content (AvgIpc) is 3.24. The van der Waals surface area contributed by atoms with Gasteiger partial charge in [0.05, 0.1) is 18.5 Å². The van der Waals surface area contributed by atoms with Gasteiger partial charge < -0.3 is 20.9 Å². The van der Waals surface area contributed by atoms with Gasteiger partial charge in [-0.2, -0.15) is 13.2 Å². The van der Waals surface area contributed by atoms with Gasteiger partial charge in [-0.3, -0.25) is 4.79 Å². The number of nitrogens with two attached hydrogens (primary N) is 1. The van der Waals surface area contributed by atoms with Crippen LogP contribution in [-0.4, -0.2) is 30.3 Å². The molecule has 3 rings (SSSR count). The lowest BCUT2D eigenvalue weighted by Crippen LogP contribution is -2.21. The normalized spacial score (nSPS) is 10.5. The molecular weight excluding hydrogens is 421 g/mol. The molecule has 0 atom stereocenters. The highest BCUT2D eigenvalue weighted by Crippen LogP contribution is 2.30. The van der Waals surface area contributed by atoms with Crippen LogP contribution in [0, 0.1) is 0 Å². The molecule has 0 saturated carbocycles. The monoisotopic (exact) mass is 438 g/mol. The first kappa shape index (κ1) is 22.8. The summed E-state index contributed by atoms with van der Waals surface area (Å²) in [4.78, 5) is 22.4. The number of alkyl halides is 3. The Kier molecular flexibility index (Phi) is 7.43. The molecule has 0 saturated heterocycles. The Bertz CT molecular complexity index is 1020. The van der Waals surface area contributed by atoms with Crippen molar-refractivity contribution >= 4 is 34.6 Å². The summed E-state index contributed by atoms with van der Waals surface area (Å²) in [5, 5.41) is 12.0. The molecule has 4 N–H and O–H groups in total. The number of hydrogen-bond acceptors (Lipinski definition) is 5. The van der Waals surface area contributed by atoms with Crippen LogP contribution in [0.5, 0.6) is 5.75 Å². The molecule has 1 amide bonds. The van der Waals surface area contributed by atoms with Crippen molar-refractivity contribution in [2.24, 2.45) is 0 Å². The van der Waals surface area contributed by atoms with Gasteiger partial charge in [0.2, 0.25) is 0 Å². The number of carboxylic acids is 1. The highest BCUT2D eigenvalue weighted by Gasteiger charge is 2.38. The fourth-order valence-electron chi connectivity index (χ4n) is 2.22. The zero-order valence-corrected chi connectivity index (χ0v) is 16.4. The molecule has 3 aromatic rings. The third-order valence-electron chi connectivity index (χ3n) is 3.68. The second-order valence-corrected chi connectivity index (χ2v) is 6.72. The van der Waals surface area contributed by atoms with E-state index in [-0.39, 0.29) is 5.91 Å². The van der Waals surface area contributed by atoms with E-state index in [9.17, 15) is 18.0 Å². The summed E-state index contributed by atoms with van der Waals surface area (Å²) in [6, 6.07) is 16.7. The maximum absolute atomic E-state index is 12.4. The number of methoxy groups -OCH3 is 1. The lowest BCUT2D eigenvalue weighted by atomic mass is 10.1. The molecule has 0 aliphatic carbocycles. The van der Waals surface area contributed by atoms with Crippen LogP contribution in [-0.2, 0) is 4.79 Å². The minimum atomic E-state index is -5.08. The van der Waals surface area contributed by atoms with Crippen LogP contribution in [0.25, 0.3) is 10.4 Å². The van der Waals surface area contributed by atoms with Crippen LogP contribution in [0.4, 0.5) is 24.5 Å². The highest BCUT2D eigenvalue weighted by molar-refractivity contribution is 7.13. The Labute approximate surface area is 173 Å². The highest BCUT2D eigenvalue weighted by atomic mass is 32.1. The van der Waals surface area contributed by atoms with Crippen molar-refractivity contribution in [3.63, 3.8) is 0 Å². The van der Waals surface area contributed by atoms with Gasteiger partial charge in [-0.05, 0) is 47.3 Å². The van der Waals surface area contributed by atoms with Gasteiger partial charge in [0, 0.05) is 10.4 Å². The first-order chi connectivity index (χ1) is 14.1. The van der Waals surface area contributed by atoms with Crippen molar-refractivity contribution in [3.8, 4) is 16.2 Å². The van der Waals surface area contributed by atoms with Crippen molar-refractivity contribution in [2.45, 2.75) is 6.18 Å². The molecule has 158 valence electrons. The van der Waals surface area contributed by atoms with Crippen molar-refractivity contribution in [1.29, 1.82) is 0 Å². The number of thiophene rings is 1. The van der Waals surface area contributed by atoms with E-state index in [1.54, 1.807) is 48.8 Å². The zero-order chi connectivity index (χ0) is 22.3. The average molecular weight is 438 g/mol. The molecule has 0 spiro atoms. The molecule has 1 heterocycles. The number of halogens is 3. The smallest absolute Gasteiger partial charge is 0.490 e. The van der Waals surface area contributed by atoms with Gasteiger partial charge in [-0.15, -0.1) is 11.3 Å². The molecule has 6 nitrogen and oxygen atoms in total. The Hall–Kier alpha value is -3.53. The van der Waals surface area contributed by atoms with Crippen LogP contribution < -0.4 is 15.8 Å². The molecule has 30 heavy (non-hydrogen) atoms.